The van der Waals surface area contributed by atoms with E-state index < -0.39 is 11.6 Å². The molecule has 0 spiro atoms. The van der Waals surface area contributed by atoms with Gasteiger partial charge in [0.05, 0.1) is 6.61 Å². The number of aliphatic hydroxyl groups is 1. The lowest BCUT2D eigenvalue weighted by Crippen LogP contribution is -2.44. The van der Waals surface area contributed by atoms with Gasteiger partial charge < -0.3 is 14.9 Å². The molecular weight excluding hydrogens is 232 g/mol. The number of hydrogen-bond acceptors (Lipinski definition) is 3. The summed E-state index contributed by atoms with van der Waals surface area (Å²) in [6, 6.07) is 1.95. The summed E-state index contributed by atoms with van der Waals surface area (Å²) >= 11 is 0. The number of rotatable bonds is 2. The van der Waals surface area contributed by atoms with E-state index >= 15 is 0 Å². The summed E-state index contributed by atoms with van der Waals surface area (Å²) in [5, 5.41) is 18.5. The van der Waals surface area contributed by atoms with Gasteiger partial charge in [0.2, 0.25) is 5.60 Å². The largest absolute Gasteiger partial charge is 0.478 e. The zero-order valence-corrected chi connectivity index (χ0v) is 10.9. The summed E-state index contributed by atoms with van der Waals surface area (Å²) in [6.07, 6.45) is 1.16. The fourth-order valence-electron chi connectivity index (χ4n) is 2.41. The van der Waals surface area contributed by atoms with Crippen molar-refractivity contribution >= 4 is 5.97 Å². The lowest BCUT2D eigenvalue weighted by Gasteiger charge is -2.34. The summed E-state index contributed by atoms with van der Waals surface area (Å²) in [6.45, 7) is 5.35. The minimum Gasteiger partial charge on any atom is -0.478 e. The fourth-order valence-corrected chi connectivity index (χ4v) is 2.41. The Balaban J connectivity index is 2.54. The van der Waals surface area contributed by atoms with Gasteiger partial charge in [0.15, 0.2) is 0 Å². The van der Waals surface area contributed by atoms with Crippen LogP contribution in [0.15, 0.2) is 6.07 Å². The van der Waals surface area contributed by atoms with Gasteiger partial charge in [0.25, 0.3) is 0 Å². The summed E-state index contributed by atoms with van der Waals surface area (Å²) in [4.78, 5) is 11.3. The van der Waals surface area contributed by atoms with Crippen LogP contribution in [0, 0.1) is 13.8 Å². The van der Waals surface area contributed by atoms with Crippen molar-refractivity contribution in [1.82, 2.24) is 0 Å². The number of hydrogen-bond donors (Lipinski definition) is 2. The first kappa shape index (κ1) is 12.9. The molecule has 4 nitrogen and oxygen atoms in total. The molecule has 0 saturated carbocycles. The average Bonchev–Trinajstić information content (AvgIpc) is 2.33. The zero-order chi connectivity index (χ0) is 13.5. The van der Waals surface area contributed by atoms with Crippen LogP contribution in [0.2, 0.25) is 0 Å². The van der Waals surface area contributed by atoms with E-state index in [4.69, 9.17) is 4.74 Å². The molecule has 18 heavy (non-hydrogen) atoms. The van der Waals surface area contributed by atoms with Crippen molar-refractivity contribution < 1.29 is 19.7 Å². The smallest absolute Gasteiger partial charge is 0.347 e. The third kappa shape index (κ3) is 1.86. The van der Waals surface area contributed by atoms with Crippen molar-refractivity contribution in [2.75, 3.05) is 0 Å². The second-order valence-electron chi connectivity index (χ2n) is 5.08. The highest BCUT2D eigenvalue weighted by atomic mass is 16.5. The van der Waals surface area contributed by atoms with Gasteiger partial charge in [-0.3, -0.25) is 0 Å². The number of carbonyl (C=O) groups is 1. The molecule has 4 heteroatoms. The van der Waals surface area contributed by atoms with Gasteiger partial charge >= 0.3 is 5.97 Å². The van der Waals surface area contributed by atoms with Crippen molar-refractivity contribution in [2.45, 2.75) is 45.8 Å². The van der Waals surface area contributed by atoms with Gasteiger partial charge in [-0.15, -0.1) is 0 Å². The molecule has 1 aromatic rings. The molecule has 0 aliphatic carbocycles. The minimum absolute atomic E-state index is 0.0624. The van der Waals surface area contributed by atoms with Crippen LogP contribution in [0.1, 0.15) is 35.6 Å². The third-order valence-electron chi connectivity index (χ3n) is 3.77. The Bertz CT molecular complexity index is 507. The Hall–Kier alpha value is -1.55. The van der Waals surface area contributed by atoms with Crippen LogP contribution in [0.25, 0.3) is 0 Å². The first-order chi connectivity index (χ1) is 8.39. The second kappa shape index (κ2) is 4.28. The summed E-state index contributed by atoms with van der Waals surface area (Å²) in [7, 11) is 0. The zero-order valence-electron chi connectivity index (χ0n) is 10.9. The van der Waals surface area contributed by atoms with Crippen molar-refractivity contribution in [1.29, 1.82) is 0 Å². The molecule has 2 rings (SSSR count). The predicted molar refractivity (Wildman–Crippen MR) is 66.8 cm³/mol. The highest BCUT2D eigenvalue weighted by Crippen LogP contribution is 2.39. The lowest BCUT2D eigenvalue weighted by atomic mass is 9.87. The molecule has 2 N–H and O–H groups in total. The number of carboxylic acid groups (broad SMARTS) is 1. The average molecular weight is 250 g/mol. The monoisotopic (exact) mass is 250 g/mol. The quantitative estimate of drug-likeness (QED) is 0.842. The molecular formula is C14H18O4. The summed E-state index contributed by atoms with van der Waals surface area (Å²) in [5.74, 6) is -0.310. The first-order valence-electron chi connectivity index (χ1n) is 6.04. The lowest BCUT2D eigenvalue weighted by molar-refractivity contribution is -0.155. The van der Waals surface area contributed by atoms with Gasteiger partial charge in [-0.05, 0) is 49.4 Å². The highest BCUT2D eigenvalue weighted by Gasteiger charge is 2.40. The number of aliphatic hydroxyl groups excluding tert-OH is 1. The number of aliphatic carboxylic acids is 1. The van der Waals surface area contributed by atoms with Crippen LogP contribution in [0.4, 0.5) is 0 Å². The topological polar surface area (TPSA) is 66.8 Å². The molecule has 1 aliphatic heterocycles. The molecule has 1 atom stereocenters. The molecule has 0 radical (unpaired) electrons. The van der Waals surface area contributed by atoms with Gasteiger partial charge in [-0.2, -0.15) is 0 Å². The van der Waals surface area contributed by atoms with Crippen LogP contribution in [0.5, 0.6) is 5.75 Å². The van der Waals surface area contributed by atoms with Crippen LogP contribution in [-0.2, 0) is 17.8 Å². The van der Waals surface area contributed by atoms with E-state index in [1.165, 1.54) is 0 Å². The molecule has 0 amide bonds. The van der Waals surface area contributed by atoms with Crippen LogP contribution < -0.4 is 4.74 Å². The molecule has 0 saturated heterocycles. The van der Waals surface area contributed by atoms with Crippen molar-refractivity contribution in [3.05, 3.63) is 28.3 Å². The van der Waals surface area contributed by atoms with E-state index in [9.17, 15) is 15.0 Å². The predicted octanol–water partition coefficient (Wildman–Crippen LogP) is 1.96. The molecule has 1 aromatic carbocycles. The van der Waals surface area contributed by atoms with E-state index in [1.54, 1.807) is 6.92 Å². The Morgan fingerprint density at radius 1 is 1.50 bits per heavy atom. The van der Waals surface area contributed by atoms with Gasteiger partial charge in [0.1, 0.15) is 5.75 Å². The van der Waals surface area contributed by atoms with Crippen molar-refractivity contribution in [3.63, 3.8) is 0 Å². The Morgan fingerprint density at radius 3 is 2.72 bits per heavy atom. The van der Waals surface area contributed by atoms with E-state index in [-0.39, 0.29) is 6.61 Å². The Kier molecular flexibility index (Phi) is 3.07. The van der Waals surface area contributed by atoms with Crippen molar-refractivity contribution in [2.24, 2.45) is 0 Å². The third-order valence-corrected chi connectivity index (χ3v) is 3.77. The summed E-state index contributed by atoms with van der Waals surface area (Å²) in [5.41, 5.74) is 2.57. The maximum Gasteiger partial charge on any atom is 0.347 e. The minimum atomic E-state index is -1.17. The number of benzene rings is 1. The second-order valence-corrected chi connectivity index (χ2v) is 5.08. The molecule has 0 bridgehead atoms. The van der Waals surface area contributed by atoms with Crippen LogP contribution >= 0.6 is 0 Å². The maximum absolute atomic E-state index is 11.3. The number of aryl methyl sites for hydroxylation is 1. The standard InChI is InChI=1S/C14H18O4/c1-8-6-10(7-15)9(2)12-11(8)4-5-14(3,18-12)13(16)17/h6,15H,4-5,7H2,1-3H3,(H,16,17). The van der Waals surface area contributed by atoms with Crippen molar-refractivity contribution in [3.8, 4) is 5.75 Å². The molecule has 0 fully saturated rings. The van der Waals surface area contributed by atoms with E-state index in [0.717, 1.165) is 22.3 Å². The molecule has 1 heterocycles. The van der Waals surface area contributed by atoms with Crippen LogP contribution in [-0.4, -0.2) is 21.8 Å². The number of ether oxygens (including phenoxy) is 1. The van der Waals surface area contributed by atoms with E-state index in [0.29, 0.717) is 18.6 Å². The highest BCUT2D eigenvalue weighted by molar-refractivity contribution is 5.78. The Labute approximate surface area is 106 Å². The van der Waals surface area contributed by atoms with Gasteiger partial charge in [0, 0.05) is 6.42 Å². The molecule has 98 valence electrons. The van der Waals surface area contributed by atoms with Gasteiger partial charge in [-0.1, -0.05) is 6.07 Å². The number of carboxylic acids is 1. The maximum atomic E-state index is 11.3. The molecule has 1 aliphatic rings. The Morgan fingerprint density at radius 2 is 2.17 bits per heavy atom. The van der Waals surface area contributed by atoms with Crippen LogP contribution in [0.3, 0.4) is 0 Å². The normalized spacial score (nSPS) is 22.2. The first-order valence-corrected chi connectivity index (χ1v) is 6.04. The van der Waals surface area contributed by atoms with E-state index in [2.05, 4.69) is 0 Å². The van der Waals surface area contributed by atoms with E-state index in [1.807, 2.05) is 19.9 Å². The number of fused-ring (bicyclic) bond motifs is 1. The van der Waals surface area contributed by atoms with Gasteiger partial charge in [-0.25, -0.2) is 4.79 Å². The SMILES string of the molecule is Cc1cc(CO)c(C)c2c1CCC(C)(C(=O)O)O2. The molecule has 0 aromatic heterocycles. The molecule has 1 unspecified atom stereocenters. The fraction of sp³-hybridized carbons (Fsp3) is 0.500. The summed E-state index contributed by atoms with van der Waals surface area (Å²) < 4.78 is 5.72.